The van der Waals surface area contributed by atoms with Crippen molar-refractivity contribution in [3.05, 3.63) is 58.6 Å². The summed E-state index contributed by atoms with van der Waals surface area (Å²) < 4.78 is 25.6. The normalized spacial score (nSPS) is 12.5. The molecule has 0 bridgehead atoms. The monoisotopic (exact) mass is 380 g/mol. The molecule has 0 unspecified atom stereocenters. The van der Waals surface area contributed by atoms with Gasteiger partial charge in [0.2, 0.25) is 15.9 Å². The molecule has 7 heteroatoms. The molecular formula is C18H21ClN2O3S. The highest BCUT2D eigenvalue weighted by Gasteiger charge is 2.29. The fourth-order valence-electron chi connectivity index (χ4n) is 2.53. The van der Waals surface area contributed by atoms with Gasteiger partial charge in [0.05, 0.1) is 11.9 Å². The van der Waals surface area contributed by atoms with E-state index < -0.39 is 22.0 Å². The molecule has 0 heterocycles. The van der Waals surface area contributed by atoms with Crippen molar-refractivity contribution in [3.8, 4) is 0 Å². The van der Waals surface area contributed by atoms with Crippen molar-refractivity contribution in [2.24, 2.45) is 0 Å². The summed E-state index contributed by atoms with van der Waals surface area (Å²) in [5, 5.41) is 3.21. The van der Waals surface area contributed by atoms with Gasteiger partial charge in [-0.25, -0.2) is 8.42 Å². The van der Waals surface area contributed by atoms with E-state index in [9.17, 15) is 13.2 Å². The SMILES string of the molecule is Cc1ccc(C)c(NC(=O)[C@@H](C)N(c2cccc(Cl)c2)S(C)(=O)=O)c1. The molecule has 25 heavy (non-hydrogen) atoms. The summed E-state index contributed by atoms with van der Waals surface area (Å²) in [5.41, 5.74) is 2.91. The first-order valence-corrected chi connectivity index (χ1v) is 9.95. The third-order valence-electron chi connectivity index (χ3n) is 3.80. The number of nitrogens with zero attached hydrogens (tertiary/aromatic N) is 1. The number of amides is 1. The van der Waals surface area contributed by atoms with Crippen LogP contribution in [0.5, 0.6) is 0 Å². The Morgan fingerprint density at radius 3 is 2.44 bits per heavy atom. The Kier molecular flexibility index (Phi) is 5.75. The Bertz CT molecular complexity index is 897. The average molecular weight is 381 g/mol. The summed E-state index contributed by atoms with van der Waals surface area (Å²) in [5.74, 6) is -0.417. The van der Waals surface area contributed by atoms with Gasteiger partial charge in [-0.1, -0.05) is 29.8 Å². The minimum atomic E-state index is -3.68. The van der Waals surface area contributed by atoms with E-state index in [0.29, 0.717) is 16.4 Å². The maximum absolute atomic E-state index is 12.7. The molecule has 0 aliphatic heterocycles. The first-order valence-electron chi connectivity index (χ1n) is 7.72. The molecule has 2 aromatic carbocycles. The van der Waals surface area contributed by atoms with Gasteiger partial charge in [-0.05, 0) is 56.2 Å². The number of anilines is 2. The minimum absolute atomic E-state index is 0.346. The molecule has 1 N–H and O–H groups in total. The Morgan fingerprint density at radius 2 is 1.84 bits per heavy atom. The Balaban J connectivity index is 2.35. The number of rotatable bonds is 5. The van der Waals surface area contributed by atoms with Crippen molar-refractivity contribution in [2.45, 2.75) is 26.8 Å². The van der Waals surface area contributed by atoms with Crippen LogP contribution >= 0.6 is 11.6 Å². The van der Waals surface area contributed by atoms with E-state index in [4.69, 9.17) is 11.6 Å². The van der Waals surface area contributed by atoms with Gasteiger partial charge < -0.3 is 5.32 Å². The summed E-state index contributed by atoms with van der Waals surface area (Å²) in [4.78, 5) is 12.7. The van der Waals surface area contributed by atoms with E-state index in [1.807, 2.05) is 32.0 Å². The molecule has 5 nitrogen and oxygen atoms in total. The van der Waals surface area contributed by atoms with Gasteiger partial charge in [-0.2, -0.15) is 0 Å². The molecule has 0 aliphatic rings. The molecule has 0 saturated heterocycles. The third kappa shape index (κ3) is 4.74. The number of sulfonamides is 1. The molecule has 0 fully saturated rings. The van der Waals surface area contributed by atoms with Crippen LogP contribution in [0.4, 0.5) is 11.4 Å². The molecule has 0 spiro atoms. The van der Waals surface area contributed by atoms with Crippen LogP contribution in [0.15, 0.2) is 42.5 Å². The second kappa shape index (κ2) is 7.45. The van der Waals surface area contributed by atoms with Crippen LogP contribution in [0.1, 0.15) is 18.1 Å². The lowest BCUT2D eigenvalue weighted by Gasteiger charge is -2.28. The number of aryl methyl sites for hydroxylation is 2. The van der Waals surface area contributed by atoms with Gasteiger partial charge in [0, 0.05) is 10.7 Å². The van der Waals surface area contributed by atoms with Crippen molar-refractivity contribution >= 4 is 38.9 Å². The van der Waals surface area contributed by atoms with Gasteiger partial charge in [-0.3, -0.25) is 9.10 Å². The summed E-state index contributed by atoms with van der Waals surface area (Å²) >= 11 is 5.97. The fourth-order valence-corrected chi connectivity index (χ4v) is 3.88. The van der Waals surface area contributed by atoms with E-state index in [0.717, 1.165) is 21.7 Å². The zero-order chi connectivity index (χ0) is 18.8. The van der Waals surface area contributed by atoms with E-state index in [-0.39, 0.29) is 0 Å². The topological polar surface area (TPSA) is 66.5 Å². The van der Waals surface area contributed by atoms with Crippen molar-refractivity contribution in [3.63, 3.8) is 0 Å². The summed E-state index contributed by atoms with van der Waals surface area (Å²) in [6.07, 6.45) is 1.07. The molecule has 0 radical (unpaired) electrons. The number of carbonyl (C=O) groups excluding carboxylic acids is 1. The van der Waals surface area contributed by atoms with Crippen molar-refractivity contribution in [1.82, 2.24) is 0 Å². The van der Waals surface area contributed by atoms with Gasteiger partial charge >= 0.3 is 0 Å². The van der Waals surface area contributed by atoms with Crippen LogP contribution in [0.2, 0.25) is 5.02 Å². The lowest BCUT2D eigenvalue weighted by Crippen LogP contribution is -2.45. The highest BCUT2D eigenvalue weighted by Crippen LogP contribution is 2.25. The first kappa shape index (κ1) is 19.3. The molecule has 0 saturated carbocycles. The molecular weight excluding hydrogens is 360 g/mol. The molecule has 0 aromatic heterocycles. The molecule has 2 rings (SSSR count). The minimum Gasteiger partial charge on any atom is -0.324 e. The summed E-state index contributed by atoms with van der Waals surface area (Å²) in [7, 11) is -3.68. The fraction of sp³-hybridized carbons (Fsp3) is 0.278. The number of nitrogens with one attached hydrogen (secondary N) is 1. The Morgan fingerprint density at radius 1 is 1.16 bits per heavy atom. The van der Waals surface area contributed by atoms with Gasteiger partial charge in [0.1, 0.15) is 6.04 Å². The number of hydrogen-bond acceptors (Lipinski definition) is 3. The van der Waals surface area contributed by atoms with E-state index in [2.05, 4.69) is 5.32 Å². The van der Waals surface area contributed by atoms with Crippen LogP contribution in [-0.4, -0.2) is 26.6 Å². The number of benzene rings is 2. The van der Waals surface area contributed by atoms with Gasteiger partial charge in [0.15, 0.2) is 0 Å². The second-order valence-electron chi connectivity index (χ2n) is 6.02. The zero-order valence-electron chi connectivity index (χ0n) is 14.6. The molecule has 134 valence electrons. The Labute approximate surface area is 153 Å². The largest absolute Gasteiger partial charge is 0.324 e. The smallest absolute Gasteiger partial charge is 0.248 e. The first-order chi connectivity index (χ1) is 11.6. The van der Waals surface area contributed by atoms with Crippen molar-refractivity contribution in [1.29, 1.82) is 0 Å². The van der Waals surface area contributed by atoms with Crippen LogP contribution in [0.25, 0.3) is 0 Å². The number of carbonyl (C=O) groups is 1. The zero-order valence-corrected chi connectivity index (χ0v) is 16.1. The standard InChI is InChI=1S/C18H21ClN2O3S/c1-12-8-9-13(2)17(10-12)20-18(22)14(3)21(25(4,23)24)16-7-5-6-15(19)11-16/h5-11,14H,1-4H3,(H,20,22)/t14-/m1/s1. The van der Waals surface area contributed by atoms with Gasteiger partial charge in [0.25, 0.3) is 0 Å². The predicted molar refractivity (Wildman–Crippen MR) is 103 cm³/mol. The maximum Gasteiger partial charge on any atom is 0.248 e. The highest BCUT2D eigenvalue weighted by atomic mass is 35.5. The summed E-state index contributed by atoms with van der Waals surface area (Å²) in [6.45, 7) is 5.35. The molecule has 0 aliphatic carbocycles. The van der Waals surface area contributed by atoms with Crippen molar-refractivity contribution in [2.75, 3.05) is 15.9 Å². The number of hydrogen-bond donors (Lipinski definition) is 1. The van der Waals surface area contributed by atoms with Crippen LogP contribution in [0.3, 0.4) is 0 Å². The third-order valence-corrected chi connectivity index (χ3v) is 5.28. The van der Waals surface area contributed by atoms with E-state index in [1.165, 1.54) is 6.07 Å². The number of halogens is 1. The molecule has 1 amide bonds. The lowest BCUT2D eigenvalue weighted by atomic mass is 10.1. The highest BCUT2D eigenvalue weighted by molar-refractivity contribution is 7.92. The second-order valence-corrected chi connectivity index (χ2v) is 8.32. The van der Waals surface area contributed by atoms with Crippen molar-refractivity contribution < 1.29 is 13.2 Å². The quantitative estimate of drug-likeness (QED) is 0.858. The van der Waals surface area contributed by atoms with E-state index >= 15 is 0 Å². The predicted octanol–water partition coefficient (Wildman–Crippen LogP) is 3.75. The lowest BCUT2D eigenvalue weighted by molar-refractivity contribution is -0.116. The average Bonchev–Trinajstić information content (AvgIpc) is 2.49. The van der Waals surface area contributed by atoms with Crippen LogP contribution < -0.4 is 9.62 Å². The van der Waals surface area contributed by atoms with Gasteiger partial charge in [-0.15, -0.1) is 0 Å². The molecule has 1 atom stereocenters. The van der Waals surface area contributed by atoms with E-state index in [1.54, 1.807) is 25.1 Å². The van der Waals surface area contributed by atoms with Crippen LogP contribution in [0, 0.1) is 13.8 Å². The molecule has 2 aromatic rings. The summed E-state index contributed by atoms with van der Waals surface area (Å²) in [6, 6.07) is 11.2. The Hall–Kier alpha value is -2.05. The maximum atomic E-state index is 12.7. The van der Waals surface area contributed by atoms with Crippen LogP contribution in [-0.2, 0) is 14.8 Å².